The van der Waals surface area contributed by atoms with Crippen molar-refractivity contribution in [1.29, 1.82) is 0 Å². The number of tetrazole rings is 1. The second-order valence-corrected chi connectivity index (χ2v) is 10.1. The van der Waals surface area contributed by atoms with E-state index in [1.807, 2.05) is 24.3 Å². The molecule has 10 heteroatoms. The van der Waals surface area contributed by atoms with Gasteiger partial charge in [0.05, 0.1) is 23.6 Å². The highest BCUT2D eigenvalue weighted by Gasteiger charge is 2.29. The Labute approximate surface area is 201 Å². The third kappa shape index (κ3) is 5.27. The normalized spacial score (nSPS) is 15.2. The van der Waals surface area contributed by atoms with Gasteiger partial charge < -0.3 is 10.1 Å². The maximum Gasteiger partial charge on any atom is 0.341 e. The van der Waals surface area contributed by atoms with Crippen LogP contribution < -0.4 is 5.32 Å². The van der Waals surface area contributed by atoms with Gasteiger partial charge in [0.15, 0.2) is 0 Å². The molecule has 1 aromatic carbocycles. The SMILES string of the molecule is CCOC(=O)c1c(NC(=O)CSc2nnnn2-c2ccc(CC)cc2)sc2c1CC[C@@H](C)C2. The number of thiophene rings is 1. The first-order valence-corrected chi connectivity index (χ1v) is 12.9. The maximum absolute atomic E-state index is 12.8. The molecule has 8 nitrogen and oxygen atoms in total. The van der Waals surface area contributed by atoms with E-state index in [4.69, 9.17) is 4.74 Å². The van der Waals surface area contributed by atoms with E-state index in [0.29, 0.717) is 28.2 Å². The Bertz CT molecular complexity index is 1140. The molecule has 0 saturated carbocycles. The van der Waals surface area contributed by atoms with Gasteiger partial charge in [-0.25, -0.2) is 4.79 Å². The first-order valence-electron chi connectivity index (χ1n) is 11.1. The van der Waals surface area contributed by atoms with Crippen LogP contribution in [0.2, 0.25) is 0 Å². The summed E-state index contributed by atoms with van der Waals surface area (Å²) in [7, 11) is 0. The average Bonchev–Trinajstić information content (AvgIpc) is 3.41. The van der Waals surface area contributed by atoms with Crippen molar-refractivity contribution in [1.82, 2.24) is 20.2 Å². The third-order valence-electron chi connectivity index (χ3n) is 5.61. The number of hydrogen-bond donors (Lipinski definition) is 1. The Balaban J connectivity index is 1.47. The Hall–Kier alpha value is -2.72. The second kappa shape index (κ2) is 10.5. The lowest BCUT2D eigenvalue weighted by Gasteiger charge is -2.18. The Kier molecular flexibility index (Phi) is 7.44. The number of nitrogens with zero attached hydrogens (tertiary/aromatic N) is 4. The van der Waals surface area contributed by atoms with Crippen LogP contribution in [0.5, 0.6) is 0 Å². The second-order valence-electron chi connectivity index (χ2n) is 8.01. The van der Waals surface area contributed by atoms with Crippen molar-refractivity contribution in [2.75, 3.05) is 17.7 Å². The van der Waals surface area contributed by atoms with E-state index in [9.17, 15) is 9.59 Å². The number of benzene rings is 1. The largest absolute Gasteiger partial charge is 0.462 e. The summed E-state index contributed by atoms with van der Waals surface area (Å²) >= 11 is 2.74. The van der Waals surface area contributed by atoms with E-state index in [0.717, 1.165) is 36.9 Å². The minimum Gasteiger partial charge on any atom is -0.462 e. The summed E-state index contributed by atoms with van der Waals surface area (Å²) in [6.45, 7) is 6.39. The quantitative estimate of drug-likeness (QED) is 0.375. The lowest BCUT2D eigenvalue weighted by Crippen LogP contribution is -2.18. The van der Waals surface area contributed by atoms with Gasteiger partial charge in [0.25, 0.3) is 0 Å². The van der Waals surface area contributed by atoms with Crippen LogP contribution in [0.15, 0.2) is 29.4 Å². The number of thioether (sulfide) groups is 1. The molecule has 0 unspecified atom stereocenters. The van der Waals surface area contributed by atoms with Gasteiger partial charge in [-0.05, 0) is 72.2 Å². The van der Waals surface area contributed by atoms with Crippen LogP contribution in [-0.2, 0) is 28.8 Å². The molecule has 4 rings (SSSR count). The van der Waals surface area contributed by atoms with Gasteiger partial charge in [-0.1, -0.05) is 37.7 Å². The number of esters is 1. The summed E-state index contributed by atoms with van der Waals surface area (Å²) in [6, 6.07) is 7.99. The molecule has 1 aliphatic rings. The van der Waals surface area contributed by atoms with Crippen molar-refractivity contribution in [2.45, 2.75) is 51.6 Å². The fourth-order valence-corrected chi connectivity index (χ4v) is 5.96. The van der Waals surface area contributed by atoms with Crippen molar-refractivity contribution in [3.63, 3.8) is 0 Å². The molecule has 2 heterocycles. The predicted octanol–water partition coefficient (Wildman–Crippen LogP) is 4.32. The number of anilines is 1. The molecular weight excluding hydrogens is 458 g/mol. The fourth-order valence-electron chi connectivity index (χ4n) is 3.85. The molecule has 0 spiro atoms. The molecule has 0 saturated heterocycles. The average molecular weight is 486 g/mol. The highest BCUT2D eigenvalue weighted by molar-refractivity contribution is 7.99. The first kappa shape index (κ1) is 23.4. The fraction of sp³-hybridized carbons (Fsp3) is 0.435. The highest BCUT2D eigenvalue weighted by Crippen LogP contribution is 2.40. The van der Waals surface area contributed by atoms with E-state index in [1.54, 1.807) is 11.6 Å². The van der Waals surface area contributed by atoms with E-state index in [-0.39, 0.29) is 17.6 Å². The zero-order chi connectivity index (χ0) is 23.4. The number of carbonyl (C=O) groups is 2. The molecule has 33 heavy (non-hydrogen) atoms. The van der Waals surface area contributed by atoms with Crippen molar-refractivity contribution in [3.8, 4) is 5.69 Å². The number of ether oxygens (including phenoxy) is 1. The molecule has 0 aliphatic heterocycles. The molecule has 0 bridgehead atoms. The summed E-state index contributed by atoms with van der Waals surface area (Å²) in [5.41, 5.74) is 3.61. The van der Waals surface area contributed by atoms with Crippen LogP contribution in [0.1, 0.15) is 53.6 Å². The number of rotatable bonds is 8. The minimum absolute atomic E-state index is 0.120. The topological polar surface area (TPSA) is 99.0 Å². The van der Waals surface area contributed by atoms with E-state index in [1.165, 1.54) is 33.5 Å². The van der Waals surface area contributed by atoms with Gasteiger partial charge in [0.2, 0.25) is 11.1 Å². The van der Waals surface area contributed by atoms with Crippen molar-refractivity contribution >= 4 is 40.0 Å². The molecule has 0 radical (unpaired) electrons. The van der Waals surface area contributed by atoms with Gasteiger partial charge in [0, 0.05) is 4.88 Å². The van der Waals surface area contributed by atoms with E-state index < -0.39 is 0 Å². The molecule has 1 atom stereocenters. The number of nitrogens with one attached hydrogen (secondary N) is 1. The summed E-state index contributed by atoms with van der Waals surface area (Å²) in [5, 5.41) is 15.9. The van der Waals surface area contributed by atoms with Crippen LogP contribution >= 0.6 is 23.1 Å². The minimum atomic E-state index is -0.369. The number of fused-ring (bicyclic) bond motifs is 1. The van der Waals surface area contributed by atoms with Crippen molar-refractivity contribution in [2.24, 2.45) is 5.92 Å². The number of hydrogen-bond acceptors (Lipinski definition) is 8. The lowest BCUT2D eigenvalue weighted by atomic mass is 9.88. The maximum atomic E-state index is 12.8. The van der Waals surface area contributed by atoms with Crippen LogP contribution in [-0.4, -0.2) is 44.4 Å². The molecule has 174 valence electrons. The molecule has 1 aliphatic carbocycles. The molecule has 0 fully saturated rings. The van der Waals surface area contributed by atoms with Crippen LogP contribution in [0.25, 0.3) is 5.69 Å². The number of carbonyl (C=O) groups excluding carboxylic acids is 2. The van der Waals surface area contributed by atoms with Gasteiger partial charge in [-0.15, -0.1) is 16.4 Å². The summed E-state index contributed by atoms with van der Waals surface area (Å²) in [6.07, 6.45) is 3.73. The van der Waals surface area contributed by atoms with E-state index >= 15 is 0 Å². The van der Waals surface area contributed by atoms with Crippen LogP contribution in [0, 0.1) is 5.92 Å². The van der Waals surface area contributed by atoms with Crippen LogP contribution in [0.3, 0.4) is 0 Å². The Morgan fingerprint density at radius 1 is 1.27 bits per heavy atom. The zero-order valence-corrected chi connectivity index (χ0v) is 20.6. The Morgan fingerprint density at radius 2 is 2.06 bits per heavy atom. The van der Waals surface area contributed by atoms with E-state index in [2.05, 4.69) is 34.7 Å². The predicted molar refractivity (Wildman–Crippen MR) is 129 cm³/mol. The van der Waals surface area contributed by atoms with Gasteiger partial charge in [-0.2, -0.15) is 4.68 Å². The van der Waals surface area contributed by atoms with Gasteiger partial charge in [0.1, 0.15) is 5.00 Å². The van der Waals surface area contributed by atoms with Crippen LogP contribution in [0.4, 0.5) is 5.00 Å². The molecule has 1 N–H and O–H groups in total. The standard InChI is InChI=1S/C23H27N5O3S2/c1-4-15-7-9-16(10-8-15)28-23(25-26-27-28)32-13-19(29)24-21-20(22(30)31-5-2)17-11-6-14(3)12-18(17)33-21/h7-10,14H,4-6,11-13H2,1-3H3,(H,24,29)/t14-/m1/s1. The van der Waals surface area contributed by atoms with Crippen molar-refractivity contribution in [3.05, 3.63) is 45.8 Å². The molecular formula is C23H27N5O3S2. The monoisotopic (exact) mass is 485 g/mol. The number of aryl methyl sites for hydroxylation is 1. The smallest absolute Gasteiger partial charge is 0.341 e. The first-order chi connectivity index (χ1) is 16.0. The zero-order valence-electron chi connectivity index (χ0n) is 19.0. The summed E-state index contributed by atoms with van der Waals surface area (Å²) in [5.74, 6) is 0.102. The summed E-state index contributed by atoms with van der Waals surface area (Å²) in [4.78, 5) is 26.6. The summed E-state index contributed by atoms with van der Waals surface area (Å²) < 4.78 is 6.90. The molecule has 3 aromatic rings. The van der Waals surface area contributed by atoms with Gasteiger partial charge >= 0.3 is 5.97 Å². The highest BCUT2D eigenvalue weighted by atomic mass is 32.2. The number of amides is 1. The van der Waals surface area contributed by atoms with Gasteiger partial charge in [-0.3, -0.25) is 4.79 Å². The number of aromatic nitrogens is 4. The molecule has 2 aromatic heterocycles. The third-order valence-corrected chi connectivity index (χ3v) is 7.70. The van der Waals surface area contributed by atoms with Crippen molar-refractivity contribution < 1.29 is 14.3 Å². The lowest BCUT2D eigenvalue weighted by molar-refractivity contribution is -0.113. The molecule has 1 amide bonds. The Morgan fingerprint density at radius 3 is 2.79 bits per heavy atom.